The maximum Gasteiger partial charge on any atom is 0.0541 e. The molecule has 1 aromatic rings. The summed E-state index contributed by atoms with van der Waals surface area (Å²) in [4.78, 5) is 0. The SMILES string of the molecule is CC1(C)CCc2ccccc2C1NC1CCC(O)CC1. The number of aryl methyl sites for hydroxylation is 1. The Morgan fingerprint density at radius 3 is 2.55 bits per heavy atom. The predicted octanol–water partition coefficient (Wildman–Crippen LogP) is 3.59. The average Bonchev–Trinajstić information content (AvgIpc) is 2.44. The van der Waals surface area contributed by atoms with Crippen molar-refractivity contribution in [1.29, 1.82) is 0 Å². The minimum atomic E-state index is -0.0697. The summed E-state index contributed by atoms with van der Waals surface area (Å²) in [7, 11) is 0. The Hall–Kier alpha value is -0.860. The highest BCUT2D eigenvalue weighted by Crippen LogP contribution is 2.44. The summed E-state index contributed by atoms with van der Waals surface area (Å²) in [6.07, 6.45) is 6.49. The third kappa shape index (κ3) is 2.77. The van der Waals surface area contributed by atoms with Crippen molar-refractivity contribution in [3.8, 4) is 0 Å². The number of nitrogens with one attached hydrogen (secondary N) is 1. The van der Waals surface area contributed by atoms with Crippen molar-refractivity contribution in [1.82, 2.24) is 5.32 Å². The van der Waals surface area contributed by atoms with Gasteiger partial charge in [-0.05, 0) is 55.1 Å². The second kappa shape index (κ2) is 5.50. The van der Waals surface area contributed by atoms with Gasteiger partial charge < -0.3 is 10.4 Å². The standard InChI is InChI=1S/C18H27NO/c1-18(2)12-11-13-5-3-4-6-16(13)17(18)19-14-7-9-15(20)10-8-14/h3-6,14-15,17,19-20H,7-12H2,1-2H3. The van der Waals surface area contributed by atoms with Gasteiger partial charge in [0.25, 0.3) is 0 Å². The Morgan fingerprint density at radius 1 is 1.10 bits per heavy atom. The van der Waals surface area contributed by atoms with E-state index in [2.05, 4.69) is 43.4 Å². The molecule has 0 aliphatic heterocycles. The van der Waals surface area contributed by atoms with Crippen LogP contribution in [0.3, 0.4) is 0 Å². The smallest absolute Gasteiger partial charge is 0.0541 e. The third-order valence-corrected chi connectivity index (χ3v) is 5.29. The van der Waals surface area contributed by atoms with Crippen molar-refractivity contribution in [2.45, 2.75) is 70.6 Å². The van der Waals surface area contributed by atoms with Crippen LogP contribution in [0.25, 0.3) is 0 Å². The topological polar surface area (TPSA) is 32.3 Å². The van der Waals surface area contributed by atoms with Crippen molar-refractivity contribution in [2.24, 2.45) is 5.41 Å². The highest BCUT2D eigenvalue weighted by molar-refractivity contribution is 5.34. The number of hydrogen-bond donors (Lipinski definition) is 2. The number of rotatable bonds is 2. The molecule has 0 amide bonds. The first kappa shape index (κ1) is 14.1. The fourth-order valence-electron chi connectivity index (χ4n) is 3.86. The van der Waals surface area contributed by atoms with E-state index in [1.165, 1.54) is 24.0 Å². The van der Waals surface area contributed by atoms with E-state index in [9.17, 15) is 5.11 Å². The normalized spacial score (nSPS) is 32.6. The lowest BCUT2D eigenvalue weighted by atomic mass is 9.70. The van der Waals surface area contributed by atoms with Gasteiger partial charge in [-0.3, -0.25) is 0 Å². The van der Waals surface area contributed by atoms with Crippen molar-refractivity contribution in [3.63, 3.8) is 0 Å². The largest absolute Gasteiger partial charge is 0.393 e. The van der Waals surface area contributed by atoms with E-state index in [4.69, 9.17) is 0 Å². The van der Waals surface area contributed by atoms with Crippen molar-refractivity contribution >= 4 is 0 Å². The molecule has 1 saturated carbocycles. The van der Waals surface area contributed by atoms with Gasteiger partial charge in [-0.1, -0.05) is 38.1 Å². The fraction of sp³-hybridized carbons (Fsp3) is 0.667. The summed E-state index contributed by atoms with van der Waals surface area (Å²) in [6, 6.07) is 9.92. The van der Waals surface area contributed by atoms with Crippen molar-refractivity contribution in [3.05, 3.63) is 35.4 Å². The van der Waals surface area contributed by atoms with Gasteiger partial charge in [0.2, 0.25) is 0 Å². The summed E-state index contributed by atoms with van der Waals surface area (Å²) < 4.78 is 0. The molecular weight excluding hydrogens is 246 g/mol. The molecule has 2 aliphatic carbocycles. The van der Waals surface area contributed by atoms with Crippen LogP contribution in [0, 0.1) is 5.41 Å². The quantitative estimate of drug-likeness (QED) is 0.863. The summed E-state index contributed by atoms with van der Waals surface area (Å²) in [6.45, 7) is 4.77. The minimum Gasteiger partial charge on any atom is -0.393 e. The molecule has 0 spiro atoms. The van der Waals surface area contributed by atoms with E-state index < -0.39 is 0 Å². The van der Waals surface area contributed by atoms with E-state index >= 15 is 0 Å². The van der Waals surface area contributed by atoms with Crippen LogP contribution in [0.1, 0.15) is 63.1 Å². The zero-order chi connectivity index (χ0) is 14.2. The molecule has 2 nitrogen and oxygen atoms in total. The van der Waals surface area contributed by atoms with Crippen LogP contribution >= 0.6 is 0 Å². The Kier molecular flexibility index (Phi) is 3.87. The number of benzene rings is 1. The molecule has 1 unspecified atom stereocenters. The second-order valence-electron chi connectivity index (χ2n) is 7.29. The fourth-order valence-corrected chi connectivity index (χ4v) is 3.86. The van der Waals surface area contributed by atoms with Gasteiger partial charge in [0.1, 0.15) is 0 Å². The van der Waals surface area contributed by atoms with Crippen LogP contribution in [0.5, 0.6) is 0 Å². The molecule has 0 radical (unpaired) electrons. The lowest BCUT2D eigenvalue weighted by Gasteiger charge is -2.43. The minimum absolute atomic E-state index is 0.0697. The van der Waals surface area contributed by atoms with Crippen LogP contribution in [0.4, 0.5) is 0 Å². The van der Waals surface area contributed by atoms with E-state index in [1.54, 1.807) is 0 Å². The first-order valence-corrected chi connectivity index (χ1v) is 8.08. The van der Waals surface area contributed by atoms with Gasteiger partial charge in [0, 0.05) is 12.1 Å². The molecule has 3 rings (SSSR count). The highest BCUT2D eigenvalue weighted by atomic mass is 16.3. The Morgan fingerprint density at radius 2 is 1.80 bits per heavy atom. The van der Waals surface area contributed by atoms with Crippen LogP contribution in [0.2, 0.25) is 0 Å². The number of aliphatic hydroxyl groups excluding tert-OH is 1. The number of fused-ring (bicyclic) bond motifs is 1. The zero-order valence-corrected chi connectivity index (χ0v) is 12.7. The Labute approximate surface area is 122 Å². The zero-order valence-electron chi connectivity index (χ0n) is 12.7. The van der Waals surface area contributed by atoms with Gasteiger partial charge in [-0.15, -0.1) is 0 Å². The molecule has 0 heterocycles. The maximum atomic E-state index is 9.67. The molecule has 20 heavy (non-hydrogen) atoms. The second-order valence-corrected chi connectivity index (χ2v) is 7.29. The molecule has 2 heteroatoms. The lowest BCUT2D eigenvalue weighted by molar-refractivity contribution is 0.103. The molecule has 0 saturated heterocycles. The first-order valence-electron chi connectivity index (χ1n) is 8.08. The lowest BCUT2D eigenvalue weighted by Crippen LogP contribution is -2.44. The van der Waals surface area contributed by atoms with Gasteiger partial charge in [0.05, 0.1) is 6.10 Å². The van der Waals surface area contributed by atoms with Gasteiger partial charge >= 0.3 is 0 Å². The average molecular weight is 273 g/mol. The van der Waals surface area contributed by atoms with E-state index in [-0.39, 0.29) is 6.10 Å². The Bertz CT molecular complexity index is 460. The summed E-state index contributed by atoms with van der Waals surface area (Å²) >= 11 is 0. The van der Waals surface area contributed by atoms with E-state index in [1.807, 2.05) is 0 Å². The molecule has 2 aliphatic rings. The number of hydrogen-bond acceptors (Lipinski definition) is 2. The summed E-state index contributed by atoms with van der Waals surface area (Å²) in [5.74, 6) is 0. The van der Waals surface area contributed by atoms with Crippen LogP contribution in [0.15, 0.2) is 24.3 Å². The molecular formula is C18H27NO. The van der Waals surface area contributed by atoms with Crippen LogP contribution in [-0.4, -0.2) is 17.3 Å². The van der Waals surface area contributed by atoms with Gasteiger partial charge in [-0.25, -0.2) is 0 Å². The summed E-state index contributed by atoms with van der Waals surface area (Å²) in [5.41, 5.74) is 3.32. The van der Waals surface area contributed by atoms with E-state index in [0.29, 0.717) is 17.5 Å². The van der Waals surface area contributed by atoms with Gasteiger partial charge in [0.15, 0.2) is 0 Å². The molecule has 2 N–H and O–H groups in total. The highest BCUT2D eigenvalue weighted by Gasteiger charge is 2.37. The maximum absolute atomic E-state index is 9.67. The summed E-state index contributed by atoms with van der Waals surface area (Å²) in [5, 5.41) is 13.6. The monoisotopic (exact) mass is 273 g/mol. The predicted molar refractivity (Wildman–Crippen MR) is 82.7 cm³/mol. The molecule has 0 bridgehead atoms. The molecule has 1 atom stereocenters. The van der Waals surface area contributed by atoms with Crippen molar-refractivity contribution < 1.29 is 5.11 Å². The van der Waals surface area contributed by atoms with Crippen LogP contribution < -0.4 is 5.32 Å². The molecule has 1 aromatic carbocycles. The van der Waals surface area contributed by atoms with Crippen molar-refractivity contribution in [2.75, 3.05) is 0 Å². The van der Waals surface area contributed by atoms with Gasteiger partial charge in [-0.2, -0.15) is 0 Å². The molecule has 0 aromatic heterocycles. The Balaban J connectivity index is 1.79. The number of aliphatic hydroxyl groups is 1. The molecule has 1 fully saturated rings. The molecule has 110 valence electrons. The van der Waals surface area contributed by atoms with Crippen LogP contribution in [-0.2, 0) is 6.42 Å². The first-order chi connectivity index (χ1) is 9.56. The third-order valence-electron chi connectivity index (χ3n) is 5.29. The van der Waals surface area contributed by atoms with E-state index in [0.717, 1.165) is 25.7 Å².